The van der Waals surface area contributed by atoms with Crippen LogP contribution in [0.3, 0.4) is 0 Å². The van der Waals surface area contributed by atoms with Crippen LogP contribution >= 0.6 is 23.2 Å². The van der Waals surface area contributed by atoms with Crippen LogP contribution in [0, 0.1) is 6.92 Å². The van der Waals surface area contributed by atoms with Crippen molar-refractivity contribution in [1.29, 1.82) is 0 Å². The van der Waals surface area contributed by atoms with Crippen LogP contribution in [-0.2, 0) is 6.42 Å². The number of aliphatic hydroxyl groups is 1. The number of aliphatic hydroxyl groups excluding tert-OH is 1. The van der Waals surface area contributed by atoms with Crippen molar-refractivity contribution in [2.45, 2.75) is 25.6 Å². The highest BCUT2D eigenvalue weighted by Crippen LogP contribution is 2.46. The Morgan fingerprint density at radius 3 is 2.27 bits per heavy atom. The summed E-state index contributed by atoms with van der Waals surface area (Å²) in [5.41, 5.74) is 4.83. The molecular formula is C24H23Cl2NO3. The van der Waals surface area contributed by atoms with Crippen LogP contribution in [0.1, 0.15) is 28.3 Å². The Bertz CT molecular complexity index is 1070. The van der Waals surface area contributed by atoms with E-state index >= 15 is 0 Å². The summed E-state index contributed by atoms with van der Waals surface area (Å²) >= 11 is 13.0. The van der Waals surface area contributed by atoms with Crippen molar-refractivity contribution >= 4 is 28.9 Å². The van der Waals surface area contributed by atoms with Gasteiger partial charge in [-0.2, -0.15) is 0 Å². The molecule has 1 aliphatic rings. The second kappa shape index (κ2) is 8.38. The Balaban J connectivity index is 1.97. The van der Waals surface area contributed by atoms with E-state index in [1.54, 1.807) is 20.3 Å². The number of anilines is 1. The Morgan fingerprint density at radius 2 is 1.60 bits per heavy atom. The number of halogens is 2. The minimum Gasteiger partial charge on any atom is -0.493 e. The summed E-state index contributed by atoms with van der Waals surface area (Å²) in [4.78, 5) is 1.98. The zero-order valence-electron chi connectivity index (χ0n) is 17.0. The number of benzene rings is 3. The van der Waals surface area contributed by atoms with Gasteiger partial charge in [-0.25, -0.2) is 0 Å². The lowest BCUT2D eigenvalue weighted by Crippen LogP contribution is -2.44. The molecule has 0 saturated heterocycles. The molecule has 0 saturated carbocycles. The number of rotatable bonds is 4. The average molecular weight is 444 g/mol. The van der Waals surface area contributed by atoms with E-state index in [-0.39, 0.29) is 6.04 Å². The number of hydrogen-bond donors (Lipinski definition) is 1. The molecule has 4 rings (SSSR count). The number of methoxy groups -OCH3 is 2. The smallest absolute Gasteiger partial charge is 0.161 e. The maximum absolute atomic E-state index is 11.2. The van der Waals surface area contributed by atoms with Crippen molar-refractivity contribution in [3.63, 3.8) is 0 Å². The number of hydrogen-bond acceptors (Lipinski definition) is 4. The van der Waals surface area contributed by atoms with Crippen molar-refractivity contribution in [3.8, 4) is 11.5 Å². The summed E-state index contributed by atoms with van der Waals surface area (Å²) in [5.74, 6) is 1.25. The van der Waals surface area contributed by atoms with Crippen LogP contribution in [0.2, 0.25) is 10.0 Å². The van der Waals surface area contributed by atoms with Crippen LogP contribution in [0.25, 0.3) is 0 Å². The summed E-state index contributed by atoms with van der Waals surface area (Å²) in [6.45, 7) is 2.04. The fourth-order valence-electron chi connectivity index (χ4n) is 4.07. The molecule has 0 aliphatic carbocycles. The lowest BCUT2D eigenvalue weighted by atomic mass is 9.86. The van der Waals surface area contributed by atoms with Crippen molar-refractivity contribution < 1.29 is 14.6 Å². The molecule has 3 aromatic rings. The topological polar surface area (TPSA) is 41.9 Å². The van der Waals surface area contributed by atoms with Gasteiger partial charge in [0, 0.05) is 12.1 Å². The molecule has 1 aliphatic heterocycles. The Hall–Kier alpha value is -2.40. The Morgan fingerprint density at radius 1 is 0.933 bits per heavy atom. The molecule has 0 radical (unpaired) electrons. The minimum absolute atomic E-state index is 0.350. The Labute approximate surface area is 186 Å². The van der Waals surface area contributed by atoms with Crippen molar-refractivity contribution in [2.24, 2.45) is 0 Å². The van der Waals surface area contributed by atoms with E-state index < -0.39 is 6.23 Å². The van der Waals surface area contributed by atoms with Crippen LogP contribution in [-0.4, -0.2) is 25.6 Å². The zero-order valence-corrected chi connectivity index (χ0v) is 18.5. The summed E-state index contributed by atoms with van der Waals surface area (Å²) in [7, 11) is 3.22. The molecule has 1 heterocycles. The van der Waals surface area contributed by atoms with Gasteiger partial charge in [-0.3, -0.25) is 0 Å². The van der Waals surface area contributed by atoms with Gasteiger partial charge < -0.3 is 19.5 Å². The number of ether oxygens (including phenoxy) is 2. The van der Waals surface area contributed by atoms with E-state index in [9.17, 15) is 5.11 Å². The standard InChI is InChI=1S/C24H23Cl2NO3/c1-14-7-9-16(10-8-14)27-22(28)12-15-11-20(29-2)21(30-3)13-18(15)24(27)17-5-4-6-19(25)23(17)26/h4-11,13,22,24,28H,12H2,1-3H3/t22-,24-/m0/s1. The highest BCUT2D eigenvalue weighted by molar-refractivity contribution is 6.42. The van der Waals surface area contributed by atoms with E-state index in [0.717, 1.165) is 27.9 Å². The first-order valence-electron chi connectivity index (χ1n) is 9.66. The van der Waals surface area contributed by atoms with E-state index in [4.69, 9.17) is 32.7 Å². The molecular weight excluding hydrogens is 421 g/mol. The summed E-state index contributed by atoms with van der Waals surface area (Å²) < 4.78 is 11.0. The summed E-state index contributed by atoms with van der Waals surface area (Å²) in [5, 5.41) is 12.1. The monoisotopic (exact) mass is 443 g/mol. The van der Waals surface area contributed by atoms with Crippen molar-refractivity contribution in [3.05, 3.63) is 86.9 Å². The molecule has 156 valence electrons. The number of fused-ring (bicyclic) bond motifs is 1. The molecule has 4 nitrogen and oxygen atoms in total. The van der Waals surface area contributed by atoms with Gasteiger partial charge in [0.1, 0.15) is 6.23 Å². The first-order chi connectivity index (χ1) is 14.4. The molecule has 0 fully saturated rings. The van der Waals surface area contributed by atoms with Gasteiger partial charge >= 0.3 is 0 Å². The number of aryl methyl sites for hydroxylation is 1. The lowest BCUT2D eigenvalue weighted by molar-refractivity contribution is 0.154. The Kier molecular flexibility index (Phi) is 5.83. The zero-order chi connectivity index (χ0) is 21.4. The van der Waals surface area contributed by atoms with E-state index in [1.165, 1.54) is 0 Å². The second-order valence-electron chi connectivity index (χ2n) is 7.38. The normalized spacial score (nSPS) is 18.1. The van der Waals surface area contributed by atoms with Gasteiger partial charge in [-0.15, -0.1) is 0 Å². The third-order valence-corrected chi connectivity index (χ3v) is 6.38. The average Bonchev–Trinajstić information content (AvgIpc) is 2.75. The molecule has 3 aromatic carbocycles. The molecule has 0 unspecified atom stereocenters. The first kappa shape index (κ1) is 20.9. The predicted molar refractivity (Wildman–Crippen MR) is 121 cm³/mol. The first-order valence-corrected chi connectivity index (χ1v) is 10.4. The van der Waals surface area contributed by atoms with Gasteiger partial charge in [0.25, 0.3) is 0 Å². The van der Waals surface area contributed by atoms with Crippen molar-refractivity contribution in [2.75, 3.05) is 19.1 Å². The lowest BCUT2D eigenvalue weighted by Gasteiger charge is -2.43. The van der Waals surface area contributed by atoms with Gasteiger partial charge in [0.2, 0.25) is 0 Å². The molecule has 0 bridgehead atoms. The second-order valence-corrected chi connectivity index (χ2v) is 8.16. The minimum atomic E-state index is -0.752. The third kappa shape index (κ3) is 3.60. The predicted octanol–water partition coefficient (Wildman–Crippen LogP) is 5.79. The third-order valence-electron chi connectivity index (χ3n) is 5.55. The molecule has 30 heavy (non-hydrogen) atoms. The fraction of sp³-hybridized carbons (Fsp3) is 0.250. The fourth-order valence-corrected chi connectivity index (χ4v) is 4.48. The largest absolute Gasteiger partial charge is 0.493 e. The van der Waals surface area contributed by atoms with E-state index in [2.05, 4.69) is 0 Å². The molecule has 2 atom stereocenters. The highest BCUT2D eigenvalue weighted by atomic mass is 35.5. The molecule has 0 spiro atoms. The van der Waals surface area contributed by atoms with E-state index in [1.807, 2.05) is 60.4 Å². The van der Waals surface area contributed by atoms with Gasteiger partial charge in [0.15, 0.2) is 11.5 Å². The van der Waals surface area contributed by atoms with Gasteiger partial charge in [-0.05, 0) is 53.9 Å². The molecule has 6 heteroatoms. The molecule has 1 N–H and O–H groups in total. The van der Waals surface area contributed by atoms with Crippen LogP contribution in [0.5, 0.6) is 11.5 Å². The van der Waals surface area contributed by atoms with Gasteiger partial charge in [-0.1, -0.05) is 53.0 Å². The molecule has 0 amide bonds. The highest BCUT2D eigenvalue weighted by Gasteiger charge is 2.37. The SMILES string of the molecule is COc1cc2c(cc1OC)[C@H](c1cccc(Cl)c1Cl)N(c1ccc(C)cc1)[C@@H](O)C2. The summed E-state index contributed by atoms with van der Waals surface area (Å²) in [6.07, 6.45) is -0.309. The quantitative estimate of drug-likeness (QED) is 0.553. The van der Waals surface area contributed by atoms with Crippen LogP contribution in [0.15, 0.2) is 54.6 Å². The van der Waals surface area contributed by atoms with E-state index in [0.29, 0.717) is 28.0 Å². The molecule has 0 aromatic heterocycles. The van der Waals surface area contributed by atoms with Crippen LogP contribution in [0.4, 0.5) is 5.69 Å². The van der Waals surface area contributed by atoms with Crippen LogP contribution < -0.4 is 14.4 Å². The van der Waals surface area contributed by atoms with Gasteiger partial charge in [0.05, 0.1) is 30.3 Å². The maximum Gasteiger partial charge on any atom is 0.161 e. The van der Waals surface area contributed by atoms with Crippen molar-refractivity contribution in [1.82, 2.24) is 0 Å². The maximum atomic E-state index is 11.2. The summed E-state index contributed by atoms with van der Waals surface area (Å²) in [6, 6.07) is 17.2. The number of nitrogens with zero attached hydrogens (tertiary/aromatic N) is 1.